The van der Waals surface area contributed by atoms with Gasteiger partial charge in [0.2, 0.25) is 0 Å². The summed E-state index contributed by atoms with van der Waals surface area (Å²) in [5.41, 5.74) is -1.08. The smallest absolute Gasteiger partial charge is 0.309 e. The van der Waals surface area contributed by atoms with E-state index in [1.807, 2.05) is 0 Å². The third kappa shape index (κ3) is 1.84. The van der Waals surface area contributed by atoms with Gasteiger partial charge in [0.1, 0.15) is 5.82 Å². The van der Waals surface area contributed by atoms with E-state index in [2.05, 4.69) is 9.72 Å². The molecule has 2 rings (SSSR count). The van der Waals surface area contributed by atoms with E-state index in [0.29, 0.717) is 11.5 Å². The van der Waals surface area contributed by atoms with Gasteiger partial charge in [-0.05, 0) is 19.7 Å². The Labute approximate surface area is 112 Å². The zero-order valence-electron chi connectivity index (χ0n) is 20.7. The SMILES string of the molecule is [2H]c1nc(C)n(C([2H])([2H])[2H])c1C([2H])([2H])[C@@]1([2H])C([2H])([2H])OC(=O)[C@@]1([2H])C([2H])([2H])C. The Balaban J connectivity index is 2.97. The number of hydrogen-bond donors (Lipinski definition) is 0. The van der Waals surface area contributed by atoms with Crippen LogP contribution in [0.3, 0.4) is 0 Å². The second-order valence-corrected chi connectivity index (χ2v) is 3.07. The van der Waals surface area contributed by atoms with Crippen LogP contribution in [0, 0.1) is 18.7 Å². The van der Waals surface area contributed by atoms with Crippen LogP contribution in [-0.2, 0) is 22.9 Å². The summed E-state index contributed by atoms with van der Waals surface area (Å²) in [7, 11) is 0. The Kier molecular flexibility index (Phi) is 0.958. The number of aromatic nitrogens is 2. The highest BCUT2D eigenvalue weighted by atomic mass is 16.5. The summed E-state index contributed by atoms with van der Waals surface area (Å²) in [5.74, 6) is -9.22. The number of ether oxygens (including phenoxy) is 1. The van der Waals surface area contributed by atoms with Crippen LogP contribution >= 0.6 is 0 Å². The van der Waals surface area contributed by atoms with E-state index in [9.17, 15) is 4.79 Å². The van der Waals surface area contributed by atoms with Gasteiger partial charge in [-0.2, -0.15) is 0 Å². The van der Waals surface area contributed by atoms with Crippen LogP contribution in [0.2, 0.25) is 0 Å². The van der Waals surface area contributed by atoms with Crippen LogP contribution in [-0.4, -0.2) is 22.1 Å². The third-order valence-electron chi connectivity index (χ3n) is 2.06. The molecule has 1 saturated heterocycles. The van der Waals surface area contributed by atoms with Gasteiger partial charge in [0.15, 0.2) is 0 Å². The summed E-state index contributed by atoms with van der Waals surface area (Å²) in [4.78, 5) is 15.8. The number of hydrogen-bond acceptors (Lipinski definition) is 3. The Bertz CT molecular complexity index is 826. The first-order chi connectivity index (χ1) is 12.2. The maximum Gasteiger partial charge on any atom is 0.309 e. The lowest BCUT2D eigenvalue weighted by Crippen LogP contribution is -2.18. The molecule has 4 nitrogen and oxygen atoms in total. The zero-order valence-corrected chi connectivity index (χ0v) is 8.71. The molecule has 88 valence electrons. The van der Waals surface area contributed by atoms with Gasteiger partial charge >= 0.3 is 5.97 Å². The first-order valence-corrected chi connectivity index (χ1v) is 4.48. The number of rotatable bonds is 3. The summed E-state index contributed by atoms with van der Waals surface area (Å²) in [6.45, 7) is -4.76. The number of aryl methyl sites for hydroxylation is 1. The number of carbonyl (C=O) groups excluding carboxylic acids is 1. The molecule has 2 atom stereocenters. The molecule has 1 aromatic heterocycles. The van der Waals surface area contributed by atoms with Gasteiger partial charge < -0.3 is 9.30 Å². The fourth-order valence-corrected chi connectivity index (χ4v) is 1.21. The predicted octanol–water partition coefficient (Wildman–Crippen LogP) is 1.47. The highest BCUT2D eigenvalue weighted by Crippen LogP contribution is 2.28. The van der Waals surface area contributed by atoms with E-state index in [-0.39, 0.29) is 5.82 Å². The Morgan fingerprint density at radius 2 is 2.81 bits per heavy atom. The van der Waals surface area contributed by atoms with Crippen molar-refractivity contribution in [3.8, 4) is 0 Å². The molecule has 0 bridgehead atoms. The van der Waals surface area contributed by atoms with Crippen LogP contribution in [0.1, 0.15) is 41.3 Å². The highest BCUT2D eigenvalue weighted by Gasteiger charge is 2.35. The largest absolute Gasteiger partial charge is 0.465 e. The number of esters is 1. The minimum absolute atomic E-state index is 0.302. The molecule has 1 aliphatic heterocycles. The van der Waals surface area contributed by atoms with Crippen LogP contribution < -0.4 is 0 Å². The predicted molar refractivity (Wildman–Crippen MR) is 59.9 cm³/mol. The lowest BCUT2D eigenvalue weighted by molar-refractivity contribution is -0.141. The fourth-order valence-electron chi connectivity index (χ4n) is 1.21. The molecule has 1 aromatic rings. The molecule has 0 radical (unpaired) electrons. The van der Waals surface area contributed by atoms with Crippen molar-refractivity contribution < 1.29 is 26.0 Å². The minimum Gasteiger partial charge on any atom is -0.465 e. The third-order valence-corrected chi connectivity index (χ3v) is 2.06. The standard InChI is InChI=1S/C12H18N2O2/c1-4-11-9(7-16-12(11)15)5-10-6-13-8(2)14(10)3/h6,9,11H,4-5,7H2,1-3H3/t9-,11-/m0/s1/i3D3,4D2,5D2,6D,7D2,9D,11D. The molecule has 4 heteroatoms. The first kappa shape index (κ1) is 3.59. The number of carbonyl (C=O) groups is 1. The van der Waals surface area contributed by atoms with Crippen LogP contribution in [0.25, 0.3) is 0 Å². The number of cyclic esters (lactones) is 1. The molecular formula is C12H18N2O2. The normalized spacial score (nSPS) is 50.8. The van der Waals surface area contributed by atoms with Crippen molar-refractivity contribution in [2.45, 2.75) is 26.6 Å². The maximum absolute atomic E-state index is 12.3. The average Bonchev–Trinajstić information content (AvgIpc) is 2.84. The van der Waals surface area contributed by atoms with Gasteiger partial charge in [0.25, 0.3) is 0 Å². The van der Waals surface area contributed by atoms with Crippen LogP contribution in [0.15, 0.2) is 6.17 Å². The number of imidazole rings is 1. The van der Waals surface area contributed by atoms with E-state index < -0.39 is 55.9 Å². The molecule has 0 N–H and O–H groups in total. The maximum atomic E-state index is 12.3. The van der Waals surface area contributed by atoms with Gasteiger partial charge in [-0.1, -0.05) is 6.92 Å². The molecule has 1 aliphatic rings. The molecule has 2 heterocycles. The number of nitrogens with zero attached hydrogens (tertiary/aromatic N) is 2. The van der Waals surface area contributed by atoms with Crippen molar-refractivity contribution in [2.24, 2.45) is 18.8 Å². The first-order valence-electron chi connectivity index (χ1n) is 10.5. The van der Waals surface area contributed by atoms with E-state index >= 15 is 0 Å². The van der Waals surface area contributed by atoms with Crippen molar-refractivity contribution >= 4 is 5.97 Å². The summed E-state index contributed by atoms with van der Waals surface area (Å²) >= 11 is 0. The van der Waals surface area contributed by atoms with Gasteiger partial charge in [0.05, 0.1) is 16.6 Å². The van der Waals surface area contributed by atoms with Crippen molar-refractivity contribution in [3.05, 3.63) is 17.7 Å². The lowest BCUT2D eigenvalue weighted by atomic mass is 9.89. The summed E-state index contributed by atoms with van der Waals surface area (Å²) in [6, 6.07) is 0. The molecule has 16 heavy (non-hydrogen) atoms. The Morgan fingerprint density at radius 1 is 2.00 bits per heavy atom. The zero-order chi connectivity index (χ0) is 22.3. The van der Waals surface area contributed by atoms with Gasteiger partial charge in [0, 0.05) is 37.1 Å². The molecule has 0 unspecified atom stereocenters. The minimum atomic E-state index is -3.63. The molecule has 0 amide bonds. The Morgan fingerprint density at radius 3 is 3.50 bits per heavy atom. The van der Waals surface area contributed by atoms with Crippen molar-refractivity contribution in [1.29, 1.82) is 0 Å². The van der Waals surface area contributed by atoms with Gasteiger partial charge in [-0.25, -0.2) is 4.98 Å². The van der Waals surface area contributed by atoms with E-state index in [4.69, 9.17) is 16.4 Å². The van der Waals surface area contributed by atoms with Crippen molar-refractivity contribution in [3.63, 3.8) is 0 Å². The monoisotopic (exact) mass is 234 g/mol. The topological polar surface area (TPSA) is 44.1 Å². The van der Waals surface area contributed by atoms with Gasteiger partial charge in [-0.15, -0.1) is 0 Å². The average molecular weight is 234 g/mol. The van der Waals surface area contributed by atoms with E-state index in [0.717, 1.165) is 6.92 Å². The summed E-state index contributed by atoms with van der Waals surface area (Å²) in [5, 5.41) is 0. The second-order valence-electron chi connectivity index (χ2n) is 3.07. The molecule has 0 aromatic carbocycles. The Hall–Kier alpha value is -1.32. The van der Waals surface area contributed by atoms with E-state index in [1.54, 1.807) is 0 Å². The molecular weight excluding hydrogens is 204 g/mol. The summed E-state index contributed by atoms with van der Waals surface area (Å²) < 4.78 is 100. The second kappa shape index (κ2) is 4.28. The quantitative estimate of drug-likeness (QED) is 0.744. The molecule has 0 aliphatic carbocycles. The van der Waals surface area contributed by atoms with Crippen molar-refractivity contribution in [2.75, 3.05) is 6.56 Å². The van der Waals surface area contributed by atoms with Crippen LogP contribution in [0.5, 0.6) is 0 Å². The fraction of sp³-hybridized carbons (Fsp3) is 0.667. The van der Waals surface area contributed by atoms with E-state index in [1.165, 1.54) is 0 Å². The molecule has 0 saturated carbocycles. The highest BCUT2D eigenvalue weighted by molar-refractivity contribution is 5.74. The molecule has 1 fully saturated rings. The lowest BCUT2D eigenvalue weighted by Gasteiger charge is -2.13. The summed E-state index contributed by atoms with van der Waals surface area (Å²) in [6.07, 6.45) is -7.47. The van der Waals surface area contributed by atoms with Crippen LogP contribution in [0.4, 0.5) is 0 Å². The van der Waals surface area contributed by atoms with Gasteiger partial charge in [-0.3, -0.25) is 4.79 Å². The molecule has 0 spiro atoms. The van der Waals surface area contributed by atoms with Crippen molar-refractivity contribution in [1.82, 2.24) is 9.55 Å².